The van der Waals surface area contributed by atoms with Gasteiger partial charge in [-0.15, -0.1) is 0 Å². The Hall–Kier alpha value is -1.81. The van der Waals surface area contributed by atoms with Crippen molar-refractivity contribution in [1.82, 2.24) is 0 Å². The van der Waals surface area contributed by atoms with Gasteiger partial charge in [-0.3, -0.25) is 4.79 Å². The highest BCUT2D eigenvalue weighted by Crippen LogP contribution is 2.27. The van der Waals surface area contributed by atoms with E-state index in [0.29, 0.717) is 5.92 Å². The van der Waals surface area contributed by atoms with E-state index in [4.69, 9.17) is 4.74 Å². The summed E-state index contributed by atoms with van der Waals surface area (Å²) >= 11 is 3.45. The Morgan fingerprint density at radius 3 is 2.57 bits per heavy atom. The Labute approximate surface area is 146 Å². The second-order valence-electron chi connectivity index (χ2n) is 6.00. The average molecular weight is 376 g/mol. The maximum atomic E-state index is 12.1. The summed E-state index contributed by atoms with van der Waals surface area (Å²) in [5, 5.41) is 2.86. The Morgan fingerprint density at radius 2 is 1.91 bits per heavy atom. The average Bonchev–Trinajstić information content (AvgIpc) is 2.48. The minimum absolute atomic E-state index is 0.00170. The molecule has 0 bridgehead atoms. The van der Waals surface area contributed by atoms with Crippen LogP contribution >= 0.6 is 15.9 Å². The highest BCUT2D eigenvalue weighted by atomic mass is 79.9. The Bertz CT molecular complexity index is 711. The molecule has 2 rings (SSSR count). The van der Waals surface area contributed by atoms with Gasteiger partial charge in [-0.05, 0) is 60.7 Å². The van der Waals surface area contributed by atoms with Crippen molar-refractivity contribution in [3.8, 4) is 5.75 Å². The summed E-state index contributed by atoms with van der Waals surface area (Å²) in [7, 11) is 0. The van der Waals surface area contributed by atoms with Crippen molar-refractivity contribution in [3.05, 3.63) is 57.6 Å². The van der Waals surface area contributed by atoms with Crippen LogP contribution in [0, 0.1) is 13.8 Å². The molecule has 0 saturated heterocycles. The van der Waals surface area contributed by atoms with Gasteiger partial charge >= 0.3 is 0 Å². The zero-order valence-electron chi connectivity index (χ0n) is 13.9. The van der Waals surface area contributed by atoms with E-state index in [1.807, 2.05) is 38.1 Å². The van der Waals surface area contributed by atoms with Crippen LogP contribution in [-0.4, -0.2) is 12.5 Å². The molecule has 23 heavy (non-hydrogen) atoms. The van der Waals surface area contributed by atoms with E-state index >= 15 is 0 Å². The lowest BCUT2D eigenvalue weighted by atomic mass is 10.0. The first-order chi connectivity index (χ1) is 10.9. The van der Waals surface area contributed by atoms with E-state index in [1.165, 1.54) is 0 Å². The van der Waals surface area contributed by atoms with Crippen LogP contribution in [-0.2, 0) is 4.79 Å². The molecule has 0 aliphatic rings. The first-order valence-electron chi connectivity index (χ1n) is 7.66. The molecule has 2 aromatic rings. The maximum Gasteiger partial charge on any atom is 0.262 e. The van der Waals surface area contributed by atoms with Gasteiger partial charge in [0.05, 0.1) is 0 Å². The molecule has 4 heteroatoms. The van der Waals surface area contributed by atoms with E-state index in [1.54, 1.807) is 0 Å². The maximum absolute atomic E-state index is 12.1. The number of carbonyl (C=O) groups excluding carboxylic acids is 1. The molecule has 3 nitrogen and oxygen atoms in total. The van der Waals surface area contributed by atoms with Gasteiger partial charge in [0.25, 0.3) is 5.91 Å². The molecule has 0 aliphatic heterocycles. The molecule has 0 aromatic heterocycles. The molecule has 1 N–H and O–H groups in total. The summed E-state index contributed by atoms with van der Waals surface area (Å²) < 4.78 is 6.77. The van der Waals surface area contributed by atoms with Gasteiger partial charge in [0.15, 0.2) is 6.61 Å². The number of nitrogens with one attached hydrogen (secondary N) is 1. The zero-order chi connectivity index (χ0) is 17.0. The van der Waals surface area contributed by atoms with Crippen molar-refractivity contribution in [2.24, 2.45) is 0 Å². The summed E-state index contributed by atoms with van der Waals surface area (Å²) in [4.78, 5) is 12.1. The van der Waals surface area contributed by atoms with Gasteiger partial charge < -0.3 is 10.1 Å². The van der Waals surface area contributed by atoms with Crippen molar-refractivity contribution in [2.75, 3.05) is 11.9 Å². The highest BCUT2D eigenvalue weighted by molar-refractivity contribution is 9.10. The third-order valence-electron chi connectivity index (χ3n) is 3.59. The predicted octanol–water partition coefficient (Wildman–Crippen LogP) is 5.21. The summed E-state index contributed by atoms with van der Waals surface area (Å²) in [5.74, 6) is 0.966. The first-order valence-corrected chi connectivity index (χ1v) is 8.45. The van der Waals surface area contributed by atoms with Gasteiger partial charge in [-0.2, -0.15) is 0 Å². The minimum atomic E-state index is -0.164. The Morgan fingerprint density at radius 1 is 1.17 bits per heavy atom. The zero-order valence-corrected chi connectivity index (χ0v) is 15.5. The molecule has 0 aliphatic carbocycles. The molecule has 122 valence electrons. The normalized spacial score (nSPS) is 10.7. The van der Waals surface area contributed by atoms with Crippen LogP contribution in [0.25, 0.3) is 0 Å². The van der Waals surface area contributed by atoms with Crippen molar-refractivity contribution >= 4 is 27.5 Å². The summed E-state index contributed by atoms with van der Waals surface area (Å²) in [6.45, 7) is 8.22. The minimum Gasteiger partial charge on any atom is -0.483 e. The molecule has 0 atom stereocenters. The number of carbonyl (C=O) groups is 1. The molecular weight excluding hydrogens is 354 g/mol. The van der Waals surface area contributed by atoms with Crippen LogP contribution < -0.4 is 10.1 Å². The van der Waals surface area contributed by atoms with Crippen LogP contribution in [0.2, 0.25) is 0 Å². The topological polar surface area (TPSA) is 38.3 Å². The lowest BCUT2D eigenvalue weighted by Crippen LogP contribution is -2.20. The quantitative estimate of drug-likeness (QED) is 0.778. The second-order valence-corrected chi connectivity index (χ2v) is 6.85. The van der Waals surface area contributed by atoms with Crippen molar-refractivity contribution in [3.63, 3.8) is 0 Å². The third-order valence-corrected chi connectivity index (χ3v) is 4.48. The number of hydrogen-bond acceptors (Lipinski definition) is 2. The Kier molecular flexibility index (Phi) is 5.83. The molecule has 0 heterocycles. The van der Waals surface area contributed by atoms with Crippen molar-refractivity contribution in [1.29, 1.82) is 0 Å². The van der Waals surface area contributed by atoms with Gasteiger partial charge in [0, 0.05) is 10.2 Å². The molecule has 0 spiro atoms. The fraction of sp³-hybridized carbons (Fsp3) is 0.316. The molecule has 1 amide bonds. The molecule has 0 unspecified atom stereocenters. The second kappa shape index (κ2) is 7.64. The summed E-state index contributed by atoms with van der Waals surface area (Å²) in [6.07, 6.45) is 0. The molecule has 2 aromatic carbocycles. The van der Waals surface area contributed by atoms with Crippen LogP contribution in [0.4, 0.5) is 5.69 Å². The SMILES string of the molecule is Cc1ccc(C(C)C)c(OCC(=O)Nc2ccc(Br)c(C)c2)c1. The van der Waals surface area contributed by atoms with Gasteiger partial charge in [-0.1, -0.05) is 41.9 Å². The van der Waals surface area contributed by atoms with E-state index in [9.17, 15) is 4.79 Å². The largest absolute Gasteiger partial charge is 0.483 e. The van der Waals surface area contributed by atoms with E-state index in [2.05, 4.69) is 47.2 Å². The van der Waals surface area contributed by atoms with Crippen LogP contribution in [0.3, 0.4) is 0 Å². The lowest BCUT2D eigenvalue weighted by Gasteiger charge is -2.15. The first kappa shape index (κ1) is 17.5. The smallest absolute Gasteiger partial charge is 0.262 e. The van der Waals surface area contributed by atoms with Crippen LogP contribution in [0.1, 0.15) is 36.5 Å². The van der Waals surface area contributed by atoms with Gasteiger partial charge in [0.2, 0.25) is 0 Å². The molecule has 0 radical (unpaired) electrons. The van der Waals surface area contributed by atoms with Crippen LogP contribution in [0.15, 0.2) is 40.9 Å². The number of anilines is 1. The van der Waals surface area contributed by atoms with E-state index in [-0.39, 0.29) is 12.5 Å². The molecular formula is C19H22BrNO2. The Balaban J connectivity index is 2.01. The number of amides is 1. The van der Waals surface area contributed by atoms with E-state index < -0.39 is 0 Å². The predicted molar refractivity (Wildman–Crippen MR) is 98.3 cm³/mol. The number of hydrogen-bond donors (Lipinski definition) is 1. The summed E-state index contributed by atoms with van der Waals surface area (Å²) in [6, 6.07) is 11.8. The molecule has 0 saturated carbocycles. The number of ether oxygens (including phenoxy) is 1. The third kappa shape index (κ3) is 4.83. The van der Waals surface area contributed by atoms with Gasteiger partial charge in [0.1, 0.15) is 5.75 Å². The number of aryl methyl sites for hydroxylation is 2. The highest BCUT2D eigenvalue weighted by Gasteiger charge is 2.10. The summed E-state index contributed by atoms with van der Waals surface area (Å²) in [5.41, 5.74) is 4.08. The van der Waals surface area contributed by atoms with Gasteiger partial charge in [-0.25, -0.2) is 0 Å². The van der Waals surface area contributed by atoms with E-state index in [0.717, 1.165) is 32.6 Å². The monoisotopic (exact) mass is 375 g/mol. The van der Waals surface area contributed by atoms with Crippen molar-refractivity contribution < 1.29 is 9.53 Å². The fourth-order valence-corrected chi connectivity index (χ4v) is 2.55. The molecule has 0 fully saturated rings. The standard InChI is InChI=1S/C19H22BrNO2/c1-12(2)16-7-5-13(3)9-18(16)23-11-19(22)21-15-6-8-17(20)14(4)10-15/h5-10,12H,11H2,1-4H3,(H,21,22). The number of halogens is 1. The van der Waals surface area contributed by atoms with Crippen LogP contribution in [0.5, 0.6) is 5.75 Å². The van der Waals surface area contributed by atoms with Crippen molar-refractivity contribution in [2.45, 2.75) is 33.6 Å². The number of rotatable bonds is 5. The fourth-order valence-electron chi connectivity index (χ4n) is 2.31. The lowest BCUT2D eigenvalue weighted by molar-refractivity contribution is -0.118. The number of benzene rings is 2.